The number of rotatable bonds is 1. The van der Waals surface area contributed by atoms with Crippen molar-refractivity contribution < 1.29 is 0 Å². The van der Waals surface area contributed by atoms with Gasteiger partial charge >= 0.3 is 0 Å². The fourth-order valence-electron chi connectivity index (χ4n) is 2.28. The summed E-state index contributed by atoms with van der Waals surface area (Å²) in [5.41, 5.74) is 1.40. The number of hydrogen-bond acceptors (Lipinski definition) is 2. The Morgan fingerprint density at radius 1 is 1.00 bits per heavy atom. The van der Waals surface area contributed by atoms with Crippen molar-refractivity contribution in [2.24, 2.45) is 0 Å². The predicted molar refractivity (Wildman–Crippen MR) is 59.1 cm³/mol. The number of hydrogen-bond donors (Lipinski definition) is 0. The third kappa shape index (κ3) is 1.81. The molecule has 1 fully saturated rings. The van der Waals surface area contributed by atoms with Gasteiger partial charge in [0.2, 0.25) is 0 Å². The average Bonchev–Trinajstić information content (AvgIpc) is 2.19. The van der Waals surface area contributed by atoms with Crippen LogP contribution >= 0.6 is 0 Å². The lowest BCUT2D eigenvalue weighted by atomic mass is 10.1. The molecule has 0 atom stereocenters. The Morgan fingerprint density at radius 3 is 2.14 bits per heavy atom. The minimum absolute atomic E-state index is 0.463. The summed E-state index contributed by atoms with van der Waals surface area (Å²) in [5, 5.41) is 0. The molecule has 0 radical (unpaired) electrons. The quantitative estimate of drug-likeness (QED) is 0.668. The molecule has 76 valence electrons. The fraction of sp³-hybridized carbons (Fsp3) is 0.500. The standard InChI is InChI=1S/C12H18N2/c1-13-9-6-10-14(2)12(13)11-7-4-3-5-8-11/h3-5,7-8,12H,6,9-10H2,1-2H3. The summed E-state index contributed by atoms with van der Waals surface area (Å²) < 4.78 is 0. The van der Waals surface area contributed by atoms with Gasteiger partial charge in [-0.1, -0.05) is 30.3 Å². The Kier molecular flexibility index (Phi) is 2.85. The second kappa shape index (κ2) is 4.11. The van der Waals surface area contributed by atoms with E-state index in [0.717, 1.165) is 0 Å². The lowest BCUT2D eigenvalue weighted by Gasteiger charge is -2.40. The molecule has 0 aromatic heterocycles. The molecule has 0 saturated carbocycles. The first kappa shape index (κ1) is 9.69. The van der Waals surface area contributed by atoms with Gasteiger partial charge in [-0.3, -0.25) is 9.80 Å². The maximum Gasteiger partial charge on any atom is 0.0881 e. The SMILES string of the molecule is CN1CCCN(C)C1c1ccccc1. The summed E-state index contributed by atoms with van der Waals surface area (Å²) in [6, 6.07) is 10.7. The monoisotopic (exact) mass is 190 g/mol. The zero-order valence-corrected chi connectivity index (χ0v) is 8.98. The van der Waals surface area contributed by atoms with E-state index in [2.05, 4.69) is 54.2 Å². The topological polar surface area (TPSA) is 6.48 Å². The number of nitrogens with zero attached hydrogens (tertiary/aromatic N) is 2. The Labute approximate surface area is 86.1 Å². The van der Waals surface area contributed by atoms with Crippen LogP contribution in [-0.4, -0.2) is 37.0 Å². The van der Waals surface area contributed by atoms with E-state index < -0.39 is 0 Å². The zero-order valence-electron chi connectivity index (χ0n) is 8.98. The molecule has 1 saturated heterocycles. The van der Waals surface area contributed by atoms with Crippen molar-refractivity contribution in [2.75, 3.05) is 27.2 Å². The molecule has 0 bridgehead atoms. The van der Waals surface area contributed by atoms with Gasteiger partial charge in [0.05, 0.1) is 6.17 Å². The summed E-state index contributed by atoms with van der Waals surface area (Å²) in [6.45, 7) is 2.40. The van der Waals surface area contributed by atoms with Crippen LogP contribution in [0, 0.1) is 0 Å². The summed E-state index contributed by atoms with van der Waals surface area (Å²) in [4.78, 5) is 4.83. The average molecular weight is 190 g/mol. The first-order valence-electron chi connectivity index (χ1n) is 5.24. The fourth-order valence-corrected chi connectivity index (χ4v) is 2.28. The van der Waals surface area contributed by atoms with Crippen LogP contribution in [0.3, 0.4) is 0 Å². The molecule has 2 rings (SSSR count). The molecule has 0 amide bonds. The van der Waals surface area contributed by atoms with E-state index >= 15 is 0 Å². The molecular formula is C12H18N2. The van der Waals surface area contributed by atoms with Crippen LogP contribution in [0.15, 0.2) is 30.3 Å². The highest BCUT2D eigenvalue weighted by Gasteiger charge is 2.24. The Hall–Kier alpha value is -0.860. The molecule has 0 unspecified atom stereocenters. The first-order chi connectivity index (χ1) is 6.79. The van der Waals surface area contributed by atoms with Crippen LogP contribution in [0.5, 0.6) is 0 Å². The van der Waals surface area contributed by atoms with Gasteiger partial charge in [0, 0.05) is 13.1 Å². The molecule has 2 nitrogen and oxygen atoms in total. The van der Waals surface area contributed by atoms with Crippen molar-refractivity contribution in [3.05, 3.63) is 35.9 Å². The zero-order chi connectivity index (χ0) is 9.97. The molecule has 0 N–H and O–H groups in total. The smallest absolute Gasteiger partial charge is 0.0881 e. The second-order valence-electron chi connectivity index (χ2n) is 4.10. The van der Waals surface area contributed by atoms with Crippen LogP contribution in [0.4, 0.5) is 0 Å². The molecule has 1 aliphatic rings. The second-order valence-corrected chi connectivity index (χ2v) is 4.10. The Balaban J connectivity index is 2.23. The summed E-state index contributed by atoms with van der Waals surface area (Å²) >= 11 is 0. The van der Waals surface area contributed by atoms with Gasteiger partial charge in [0.1, 0.15) is 0 Å². The van der Waals surface area contributed by atoms with Gasteiger partial charge < -0.3 is 0 Å². The van der Waals surface area contributed by atoms with E-state index in [4.69, 9.17) is 0 Å². The third-order valence-corrected chi connectivity index (χ3v) is 2.95. The van der Waals surface area contributed by atoms with Crippen molar-refractivity contribution in [3.8, 4) is 0 Å². The van der Waals surface area contributed by atoms with E-state index in [1.54, 1.807) is 0 Å². The highest BCUT2D eigenvalue weighted by molar-refractivity contribution is 5.18. The van der Waals surface area contributed by atoms with Gasteiger partial charge in [-0.25, -0.2) is 0 Å². The van der Waals surface area contributed by atoms with Crippen molar-refractivity contribution in [1.82, 2.24) is 9.80 Å². The molecule has 2 heteroatoms. The maximum atomic E-state index is 2.42. The predicted octanol–water partition coefficient (Wildman–Crippen LogP) is 1.95. The third-order valence-electron chi connectivity index (χ3n) is 2.95. The summed E-state index contributed by atoms with van der Waals surface area (Å²) in [7, 11) is 4.40. The van der Waals surface area contributed by atoms with Gasteiger partial charge in [-0.05, 0) is 26.1 Å². The lowest BCUT2D eigenvalue weighted by molar-refractivity contribution is 0.0415. The van der Waals surface area contributed by atoms with Crippen LogP contribution in [0.25, 0.3) is 0 Å². The van der Waals surface area contributed by atoms with E-state index in [1.807, 2.05) is 0 Å². The van der Waals surface area contributed by atoms with Crippen LogP contribution < -0.4 is 0 Å². The van der Waals surface area contributed by atoms with Gasteiger partial charge in [-0.2, -0.15) is 0 Å². The molecular weight excluding hydrogens is 172 g/mol. The maximum absolute atomic E-state index is 2.42. The first-order valence-corrected chi connectivity index (χ1v) is 5.24. The van der Waals surface area contributed by atoms with Gasteiger partial charge in [0.15, 0.2) is 0 Å². The normalized spacial score (nSPS) is 21.3. The minimum Gasteiger partial charge on any atom is -0.287 e. The van der Waals surface area contributed by atoms with Crippen molar-refractivity contribution in [1.29, 1.82) is 0 Å². The highest BCUT2D eigenvalue weighted by atomic mass is 15.3. The van der Waals surface area contributed by atoms with Crippen molar-refractivity contribution >= 4 is 0 Å². The molecule has 1 aliphatic heterocycles. The molecule has 0 spiro atoms. The van der Waals surface area contributed by atoms with Crippen molar-refractivity contribution in [3.63, 3.8) is 0 Å². The summed E-state index contributed by atoms with van der Waals surface area (Å²) in [6.07, 6.45) is 1.74. The van der Waals surface area contributed by atoms with Crippen molar-refractivity contribution in [2.45, 2.75) is 12.6 Å². The van der Waals surface area contributed by atoms with E-state index in [9.17, 15) is 0 Å². The minimum atomic E-state index is 0.463. The Bertz CT molecular complexity index is 274. The van der Waals surface area contributed by atoms with Gasteiger partial charge in [0.25, 0.3) is 0 Å². The van der Waals surface area contributed by atoms with Crippen LogP contribution in [-0.2, 0) is 0 Å². The van der Waals surface area contributed by atoms with Crippen LogP contribution in [0.2, 0.25) is 0 Å². The molecule has 1 aromatic carbocycles. The highest BCUT2D eigenvalue weighted by Crippen LogP contribution is 2.25. The van der Waals surface area contributed by atoms with Crippen LogP contribution in [0.1, 0.15) is 18.2 Å². The largest absolute Gasteiger partial charge is 0.287 e. The lowest BCUT2D eigenvalue weighted by Crippen LogP contribution is -2.43. The number of benzene rings is 1. The van der Waals surface area contributed by atoms with E-state index in [-0.39, 0.29) is 0 Å². The van der Waals surface area contributed by atoms with E-state index in [1.165, 1.54) is 25.1 Å². The van der Waals surface area contributed by atoms with Gasteiger partial charge in [-0.15, -0.1) is 0 Å². The van der Waals surface area contributed by atoms with E-state index in [0.29, 0.717) is 6.17 Å². The molecule has 0 aliphatic carbocycles. The molecule has 1 heterocycles. The summed E-state index contributed by atoms with van der Waals surface area (Å²) in [5.74, 6) is 0. The Morgan fingerprint density at radius 2 is 1.57 bits per heavy atom. The molecule has 14 heavy (non-hydrogen) atoms. The molecule has 1 aromatic rings.